The van der Waals surface area contributed by atoms with Crippen molar-refractivity contribution in [1.29, 1.82) is 0 Å². The van der Waals surface area contributed by atoms with Gasteiger partial charge in [0.15, 0.2) is 11.0 Å². The normalized spacial score (nSPS) is 15.4. The van der Waals surface area contributed by atoms with Crippen LogP contribution in [0.15, 0.2) is 80.0 Å². The summed E-state index contributed by atoms with van der Waals surface area (Å²) >= 11 is 1.46. The molecule has 8 nitrogen and oxygen atoms in total. The van der Waals surface area contributed by atoms with E-state index in [1.54, 1.807) is 26.4 Å². The van der Waals surface area contributed by atoms with Crippen molar-refractivity contribution in [2.45, 2.75) is 33.4 Å². The zero-order chi connectivity index (χ0) is 24.4. The molecule has 0 amide bonds. The van der Waals surface area contributed by atoms with E-state index < -0.39 is 10.0 Å². The number of sulfonamides is 1. The van der Waals surface area contributed by atoms with Gasteiger partial charge in [0.05, 0.1) is 14.2 Å². The summed E-state index contributed by atoms with van der Waals surface area (Å²) in [5, 5.41) is 7.96. The van der Waals surface area contributed by atoms with E-state index in [0.29, 0.717) is 24.5 Å². The third-order valence-electron chi connectivity index (χ3n) is 6.29. The first-order valence-electron chi connectivity index (χ1n) is 11.2. The standard InChI is InChI=1S/C25H25N3O5S2/c1-31-19-5-3-17(4-6-19)18-13-15-28(16-14-18)35(29,30)23-12-11-22(24-25(23)27-33-26-24)34-21-9-7-20(32-2)8-10-21/h3-12,18H,13-16H2,1-2H3. The van der Waals surface area contributed by atoms with Gasteiger partial charge in [-0.15, -0.1) is 0 Å². The highest BCUT2D eigenvalue weighted by molar-refractivity contribution is 7.99. The van der Waals surface area contributed by atoms with Crippen molar-refractivity contribution < 1.29 is 22.5 Å². The quantitative estimate of drug-likeness (QED) is 0.344. The molecule has 10 heteroatoms. The van der Waals surface area contributed by atoms with Gasteiger partial charge in [-0.25, -0.2) is 13.0 Å². The van der Waals surface area contributed by atoms with Gasteiger partial charge in [0.25, 0.3) is 0 Å². The Morgan fingerprint density at radius 1 is 0.857 bits per heavy atom. The van der Waals surface area contributed by atoms with E-state index >= 15 is 0 Å². The highest BCUT2D eigenvalue weighted by atomic mass is 32.2. The minimum absolute atomic E-state index is 0.121. The lowest BCUT2D eigenvalue weighted by Gasteiger charge is -2.31. The van der Waals surface area contributed by atoms with Crippen molar-refractivity contribution in [3.63, 3.8) is 0 Å². The molecular formula is C25H25N3O5S2. The molecule has 5 rings (SSSR count). The van der Waals surface area contributed by atoms with Crippen LogP contribution in [0.25, 0.3) is 11.0 Å². The van der Waals surface area contributed by atoms with Crippen LogP contribution in [0, 0.1) is 0 Å². The third kappa shape index (κ3) is 4.73. The van der Waals surface area contributed by atoms with Crippen molar-refractivity contribution in [1.82, 2.24) is 14.6 Å². The first-order chi connectivity index (χ1) is 17.0. The molecule has 4 aromatic rings. The monoisotopic (exact) mass is 511 g/mol. The van der Waals surface area contributed by atoms with E-state index in [-0.39, 0.29) is 10.4 Å². The molecule has 1 aliphatic rings. The lowest BCUT2D eigenvalue weighted by molar-refractivity contribution is 0.313. The number of fused-ring (bicyclic) bond motifs is 1. The van der Waals surface area contributed by atoms with Crippen LogP contribution in [0.5, 0.6) is 11.5 Å². The van der Waals surface area contributed by atoms with Gasteiger partial charge in [-0.2, -0.15) is 4.31 Å². The van der Waals surface area contributed by atoms with Crippen molar-refractivity contribution in [2.75, 3.05) is 27.3 Å². The number of ether oxygens (including phenoxy) is 2. The fraction of sp³-hybridized carbons (Fsp3) is 0.280. The Balaban J connectivity index is 1.35. The molecule has 0 saturated carbocycles. The summed E-state index contributed by atoms with van der Waals surface area (Å²) in [4.78, 5) is 1.85. The minimum Gasteiger partial charge on any atom is -0.497 e. The molecule has 0 bridgehead atoms. The summed E-state index contributed by atoms with van der Waals surface area (Å²) in [6.45, 7) is 0.877. The molecule has 1 saturated heterocycles. The molecular weight excluding hydrogens is 486 g/mol. The Morgan fingerprint density at radius 2 is 1.46 bits per heavy atom. The van der Waals surface area contributed by atoms with Gasteiger partial charge in [0, 0.05) is 22.9 Å². The summed E-state index contributed by atoms with van der Waals surface area (Å²) in [5.41, 5.74) is 1.88. The lowest BCUT2D eigenvalue weighted by Crippen LogP contribution is -2.38. The molecule has 0 spiro atoms. The predicted molar refractivity (Wildman–Crippen MR) is 133 cm³/mol. The summed E-state index contributed by atoms with van der Waals surface area (Å²) in [7, 11) is -0.487. The van der Waals surface area contributed by atoms with Crippen LogP contribution in [0.3, 0.4) is 0 Å². The summed E-state index contributed by atoms with van der Waals surface area (Å²) in [5.74, 6) is 1.89. The van der Waals surface area contributed by atoms with E-state index in [1.165, 1.54) is 21.6 Å². The fourth-order valence-corrected chi connectivity index (χ4v) is 6.81. The van der Waals surface area contributed by atoms with E-state index in [4.69, 9.17) is 14.1 Å². The second kappa shape index (κ2) is 9.88. The van der Waals surface area contributed by atoms with E-state index in [0.717, 1.165) is 34.1 Å². The third-order valence-corrected chi connectivity index (χ3v) is 9.28. The summed E-state index contributed by atoms with van der Waals surface area (Å²) in [6, 6.07) is 19.0. The predicted octanol–water partition coefficient (Wildman–Crippen LogP) is 4.96. The molecule has 1 aliphatic heterocycles. The molecule has 0 aliphatic carbocycles. The Hall–Kier alpha value is -3.08. The minimum atomic E-state index is -3.75. The number of aromatic nitrogens is 2. The molecule has 1 fully saturated rings. The van der Waals surface area contributed by atoms with Gasteiger partial charge < -0.3 is 9.47 Å². The van der Waals surface area contributed by atoms with E-state index in [2.05, 4.69) is 22.4 Å². The fourth-order valence-electron chi connectivity index (χ4n) is 4.33. The van der Waals surface area contributed by atoms with Gasteiger partial charge in [-0.05, 0) is 83.2 Å². The number of rotatable bonds is 7. The maximum absolute atomic E-state index is 13.5. The molecule has 0 atom stereocenters. The second-order valence-corrected chi connectivity index (χ2v) is 11.3. The van der Waals surface area contributed by atoms with Crippen LogP contribution >= 0.6 is 11.8 Å². The smallest absolute Gasteiger partial charge is 0.245 e. The first-order valence-corrected chi connectivity index (χ1v) is 13.5. The Morgan fingerprint density at radius 3 is 2.09 bits per heavy atom. The number of benzene rings is 3. The van der Waals surface area contributed by atoms with Crippen LogP contribution in [-0.2, 0) is 10.0 Å². The molecule has 0 N–H and O–H groups in total. The molecule has 2 heterocycles. The number of hydrogen-bond acceptors (Lipinski definition) is 8. The van der Waals surface area contributed by atoms with Crippen LogP contribution in [0.1, 0.15) is 24.3 Å². The summed E-state index contributed by atoms with van der Waals surface area (Å²) < 4.78 is 44.0. The van der Waals surface area contributed by atoms with Crippen molar-refractivity contribution in [3.8, 4) is 11.5 Å². The Bertz CT molecular complexity index is 1410. The first kappa shape index (κ1) is 23.7. The average molecular weight is 512 g/mol. The zero-order valence-corrected chi connectivity index (χ0v) is 21.0. The lowest BCUT2D eigenvalue weighted by atomic mass is 9.90. The van der Waals surface area contributed by atoms with Crippen molar-refractivity contribution in [2.24, 2.45) is 0 Å². The second-order valence-electron chi connectivity index (χ2n) is 8.25. The van der Waals surface area contributed by atoms with Crippen molar-refractivity contribution in [3.05, 3.63) is 66.2 Å². The molecule has 3 aromatic carbocycles. The van der Waals surface area contributed by atoms with Gasteiger partial charge in [-0.3, -0.25) is 0 Å². The van der Waals surface area contributed by atoms with Gasteiger partial charge >= 0.3 is 0 Å². The number of nitrogens with zero attached hydrogens (tertiary/aromatic N) is 3. The van der Waals surface area contributed by atoms with Crippen LogP contribution in [0.2, 0.25) is 0 Å². The highest BCUT2D eigenvalue weighted by Gasteiger charge is 2.32. The molecule has 1 aromatic heterocycles. The van der Waals surface area contributed by atoms with Crippen molar-refractivity contribution >= 4 is 32.8 Å². The number of methoxy groups -OCH3 is 2. The zero-order valence-electron chi connectivity index (χ0n) is 19.4. The summed E-state index contributed by atoms with van der Waals surface area (Å²) in [6.07, 6.45) is 1.49. The molecule has 182 valence electrons. The largest absolute Gasteiger partial charge is 0.497 e. The topological polar surface area (TPSA) is 94.8 Å². The van der Waals surface area contributed by atoms with Gasteiger partial charge in [-0.1, -0.05) is 23.9 Å². The molecule has 0 unspecified atom stereocenters. The van der Waals surface area contributed by atoms with Crippen LogP contribution < -0.4 is 9.47 Å². The van der Waals surface area contributed by atoms with E-state index in [9.17, 15) is 8.42 Å². The van der Waals surface area contributed by atoms with E-state index in [1.807, 2.05) is 36.4 Å². The Labute approximate surface area is 208 Å². The number of hydrogen-bond donors (Lipinski definition) is 0. The highest BCUT2D eigenvalue weighted by Crippen LogP contribution is 2.37. The molecule has 0 radical (unpaired) electrons. The molecule has 35 heavy (non-hydrogen) atoms. The van der Waals surface area contributed by atoms with Crippen LogP contribution in [0.4, 0.5) is 0 Å². The average Bonchev–Trinajstić information content (AvgIpc) is 3.40. The van der Waals surface area contributed by atoms with Gasteiger partial charge in [0.2, 0.25) is 10.0 Å². The maximum atomic E-state index is 13.5. The van der Waals surface area contributed by atoms with Gasteiger partial charge in [0.1, 0.15) is 16.4 Å². The number of piperidine rings is 1. The maximum Gasteiger partial charge on any atom is 0.245 e. The Kier molecular flexibility index (Phi) is 6.68. The van der Waals surface area contributed by atoms with Crippen LogP contribution in [-0.4, -0.2) is 50.3 Å². The SMILES string of the molecule is COc1ccc(Sc2ccc(S(=O)(=O)N3CCC(c4ccc(OC)cc4)CC3)c3nonc23)cc1.